The first-order chi connectivity index (χ1) is 12.1. The number of hydrogen-bond acceptors (Lipinski definition) is 4. The lowest BCUT2D eigenvalue weighted by atomic mass is 10.1. The Hall–Kier alpha value is -3.35. The fraction of sp³-hybridized carbons (Fsp3) is 0.111. The molecule has 1 N–H and O–H groups in total. The van der Waals surface area contributed by atoms with E-state index in [9.17, 15) is 14.0 Å². The van der Waals surface area contributed by atoms with E-state index in [2.05, 4.69) is 15.4 Å². The van der Waals surface area contributed by atoms with Gasteiger partial charge in [-0.1, -0.05) is 0 Å². The van der Waals surface area contributed by atoms with E-state index in [1.54, 1.807) is 36.5 Å². The van der Waals surface area contributed by atoms with Crippen LogP contribution in [-0.2, 0) is 6.54 Å². The molecule has 0 aliphatic carbocycles. The van der Waals surface area contributed by atoms with E-state index in [0.29, 0.717) is 16.8 Å². The molecule has 0 radical (unpaired) electrons. The molecule has 25 heavy (non-hydrogen) atoms. The zero-order chi connectivity index (χ0) is 17.6. The summed E-state index contributed by atoms with van der Waals surface area (Å²) >= 11 is 0. The van der Waals surface area contributed by atoms with Crippen molar-refractivity contribution in [1.82, 2.24) is 20.1 Å². The highest BCUT2D eigenvalue weighted by Crippen LogP contribution is 2.15. The van der Waals surface area contributed by atoms with Gasteiger partial charge in [-0.05, 0) is 42.5 Å². The topological polar surface area (TPSA) is 76.9 Å². The Morgan fingerprint density at radius 3 is 2.64 bits per heavy atom. The number of carbonyl (C=O) groups is 1. The summed E-state index contributed by atoms with van der Waals surface area (Å²) in [6.45, 7) is 0.466. The van der Waals surface area contributed by atoms with E-state index in [4.69, 9.17) is 0 Å². The quantitative estimate of drug-likeness (QED) is 0.770. The summed E-state index contributed by atoms with van der Waals surface area (Å²) in [4.78, 5) is 27.7. The van der Waals surface area contributed by atoms with Crippen LogP contribution in [0.4, 0.5) is 4.39 Å². The molecule has 0 saturated heterocycles. The number of halogens is 1. The second-order valence-corrected chi connectivity index (χ2v) is 5.28. The fourth-order valence-electron chi connectivity index (χ4n) is 2.26. The summed E-state index contributed by atoms with van der Waals surface area (Å²) in [5.74, 6) is -0.606. The second kappa shape index (κ2) is 7.48. The first kappa shape index (κ1) is 16.5. The second-order valence-electron chi connectivity index (χ2n) is 5.28. The van der Waals surface area contributed by atoms with Crippen LogP contribution >= 0.6 is 0 Å². The molecule has 0 fully saturated rings. The van der Waals surface area contributed by atoms with E-state index in [1.807, 2.05) is 0 Å². The smallest absolute Gasteiger partial charge is 0.266 e. The van der Waals surface area contributed by atoms with Crippen LogP contribution in [0.25, 0.3) is 11.3 Å². The normalized spacial score (nSPS) is 10.4. The molecule has 6 nitrogen and oxygen atoms in total. The zero-order valence-corrected chi connectivity index (χ0v) is 13.2. The minimum atomic E-state index is -0.338. The highest BCUT2D eigenvalue weighted by atomic mass is 19.1. The van der Waals surface area contributed by atoms with Crippen molar-refractivity contribution >= 4 is 5.91 Å². The molecule has 126 valence electrons. The van der Waals surface area contributed by atoms with Gasteiger partial charge in [-0.25, -0.2) is 9.07 Å². The average Bonchev–Trinajstić information content (AvgIpc) is 2.64. The van der Waals surface area contributed by atoms with Crippen molar-refractivity contribution < 1.29 is 9.18 Å². The lowest BCUT2D eigenvalue weighted by molar-refractivity contribution is 0.0951. The molecular weight excluding hydrogens is 323 g/mol. The highest BCUT2D eigenvalue weighted by molar-refractivity contribution is 5.93. The Bertz CT molecular complexity index is 924. The van der Waals surface area contributed by atoms with Gasteiger partial charge in [-0.15, -0.1) is 0 Å². The third-order valence-electron chi connectivity index (χ3n) is 3.54. The van der Waals surface area contributed by atoms with Crippen LogP contribution in [0.3, 0.4) is 0 Å². The van der Waals surface area contributed by atoms with Crippen molar-refractivity contribution in [3.8, 4) is 11.3 Å². The largest absolute Gasteiger partial charge is 0.350 e. The van der Waals surface area contributed by atoms with Gasteiger partial charge in [-0.3, -0.25) is 14.6 Å². The summed E-state index contributed by atoms with van der Waals surface area (Å²) in [6, 6.07) is 12.2. The standard InChI is InChI=1S/C18H15FN4O2/c19-15-5-3-13(4-6-15)16-7-8-17(24)23(22-16)11-10-21-18(25)14-2-1-9-20-12-14/h1-9,12H,10-11H2,(H,21,25). The van der Waals surface area contributed by atoms with Crippen molar-refractivity contribution in [2.75, 3.05) is 6.54 Å². The van der Waals surface area contributed by atoms with Crippen LogP contribution in [0.5, 0.6) is 0 Å². The van der Waals surface area contributed by atoms with Crippen LogP contribution in [0.1, 0.15) is 10.4 Å². The van der Waals surface area contributed by atoms with Crippen LogP contribution in [-0.4, -0.2) is 27.2 Å². The lowest BCUT2D eigenvalue weighted by Gasteiger charge is -2.08. The molecule has 0 spiro atoms. The van der Waals surface area contributed by atoms with Crippen molar-refractivity contribution in [3.05, 3.63) is 82.7 Å². The predicted molar refractivity (Wildman–Crippen MR) is 90.5 cm³/mol. The zero-order valence-electron chi connectivity index (χ0n) is 13.2. The van der Waals surface area contributed by atoms with Gasteiger partial charge in [0.1, 0.15) is 5.82 Å². The molecule has 1 aromatic carbocycles. The van der Waals surface area contributed by atoms with E-state index in [-0.39, 0.29) is 30.4 Å². The Morgan fingerprint density at radius 1 is 1.12 bits per heavy atom. The Labute approximate surface area is 143 Å². The highest BCUT2D eigenvalue weighted by Gasteiger charge is 2.06. The number of nitrogens with one attached hydrogen (secondary N) is 1. The lowest BCUT2D eigenvalue weighted by Crippen LogP contribution is -2.32. The number of hydrogen-bond donors (Lipinski definition) is 1. The van der Waals surface area contributed by atoms with Crippen molar-refractivity contribution in [1.29, 1.82) is 0 Å². The molecule has 2 aromatic heterocycles. The molecular formula is C18H15FN4O2. The maximum absolute atomic E-state index is 13.0. The molecule has 2 heterocycles. The summed E-state index contributed by atoms with van der Waals surface area (Å²) in [7, 11) is 0. The molecule has 7 heteroatoms. The molecule has 1 amide bonds. The monoisotopic (exact) mass is 338 g/mol. The maximum atomic E-state index is 13.0. The molecule has 0 saturated carbocycles. The minimum absolute atomic E-state index is 0.222. The van der Waals surface area contributed by atoms with E-state index < -0.39 is 0 Å². The predicted octanol–water partition coefficient (Wildman–Crippen LogP) is 1.87. The number of carbonyl (C=O) groups excluding carboxylic acids is 1. The average molecular weight is 338 g/mol. The van der Waals surface area contributed by atoms with Gasteiger partial charge in [0.2, 0.25) is 0 Å². The molecule has 0 aliphatic heterocycles. The van der Waals surface area contributed by atoms with Crippen LogP contribution in [0.15, 0.2) is 65.7 Å². The Morgan fingerprint density at radius 2 is 1.92 bits per heavy atom. The third kappa shape index (κ3) is 4.14. The number of nitrogens with zero attached hydrogens (tertiary/aromatic N) is 3. The van der Waals surface area contributed by atoms with Crippen molar-refractivity contribution in [3.63, 3.8) is 0 Å². The fourth-order valence-corrected chi connectivity index (χ4v) is 2.26. The van der Waals surface area contributed by atoms with Gasteiger partial charge in [0.15, 0.2) is 0 Å². The van der Waals surface area contributed by atoms with Gasteiger partial charge in [-0.2, -0.15) is 5.10 Å². The third-order valence-corrected chi connectivity index (χ3v) is 3.54. The molecule has 3 rings (SSSR count). The van der Waals surface area contributed by atoms with E-state index in [1.165, 1.54) is 29.1 Å². The molecule has 0 bridgehead atoms. The van der Waals surface area contributed by atoms with Crippen LogP contribution < -0.4 is 10.9 Å². The van der Waals surface area contributed by atoms with Crippen LogP contribution in [0.2, 0.25) is 0 Å². The summed E-state index contributed by atoms with van der Waals surface area (Å²) in [5, 5.41) is 6.97. The van der Waals surface area contributed by atoms with Crippen LogP contribution in [0, 0.1) is 5.82 Å². The van der Waals surface area contributed by atoms with Gasteiger partial charge in [0, 0.05) is 30.6 Å². The SMILES string of the molecule is O=C(NCCn1nc(-c2ccc(F)cc2)ccc1=O)c1cccnc1. The molecule has 0 atom stereocenters. The minimum Gasteiger partial charge on any atom is -0.350 e. The number of amides is 1. The summed E-state index contributed by atoms with van der Waals surface area (Å²) < 4.78 is 14.3. The molecule has 0 aliphatic rings. The maximum Gasteiger partial charge on any atom is 0.266 e. The number of benzene rings is 1. The van der Waals surface area contributed by atoms with Gasteiger partial charge in [0.05, 0.1) is 17.8 Å². The van der Waals surface area contributed by atoms with E-state index >= 15 is 0 Å². The molecule has 0 unspecified atom stereocenters. The van der Waals surface area contributed by atoms with Gasteiger partial charge in [0.25, 0.3) is 11.5 Å². The number of aromatic nitrogens is 3. The number of pyridine rings is 1. The Kier molecular flexibility index (Phi) is 4.94. The van der Waals surface area contributed by atoms with Crippen molar-refractivity contribution in [2.24, 2.45) is 0 Å². The number of rotatable bonds is 5. The Balaban J connectivity index is 1.68. The van der Waals surface area contributed by atoms with E-state index in [0.717, 1.165) is 0 Å². The first-order valence-corrected chi connectivity index (χ1v) is 7.66. The van der Waals surface area contributed by atoms with Gasteiger partial charge >= 0.3 is 0 Å². The first-order valence-electron chi connectivity index (χ1n) is 7.66. The summed E-state index contributed by atoms with van der Waals surface area (Å²) in [5.41, 5.74) is 1.43. The summed E-state index contributed by atoms with van der Waals surface area (Å²) in [6.07, 6.45) is 3.05. The molecule has 3 aromatic rings. The van der Waals surface area contributed by atoms with Crippen molar-refractivity contribution in [2.45, 2.75) is 6.54 Å². The van der Waals surface area contributed by atoms with Gasteiger partial charge < -0.3 is 5.32 Å².